The van der Waals surface area contributed by atoms with Crippen LogP contribution in [0, 0.1) is 0 Å². The molecule has 0 aromatic carbocycles. The van der Waals surface area contributed by atoms with Gasteiger partial charge in [0.2, 0.25) is 0 Å². The third-order valence-electron chi connectivity index (χ3n) is 2.65. The van der Waals surface area contributed by atoms with Gasteiger partial charge < -0.3 is 5.32 Å². The normalized spacial score (nSPS) is 21.0. The molecule has 1 aliphatic rings. The summed E-state index contributed by atoms with van der Waals surface area (Å²) in [5.74, 6) is 0.665. The van der Waals surface area contributed by atoms with Crippen LogP contribution in [-0.2, 0) is 6.42 Å². The Morgan fingerprint density at radius 3 is 2.93 bits per heavy atom. The molecule has 1 aromatic heterocycles. The van der Waals surface area contributed by atoms with Crippen LogP contribution in [0.1, 0.15) is 50.1 Å². The molecule has 0 amide bonds. The molecule has 1 aromatic rings. The number of rotatable bonds is 2. The van der Waals surface area contributed by atoms with Crippen molar-refractivity contribution in [3.63, 3.8) is 0 Å². The Balaban J connectivity index is 2.21. The molecule has 0 saturated heterocycles. The van der Waals surface area contributed by atoms with E-state index in [9.17, 15) is 0 Å². The zero-order valence-electron chi connectivity index (χ0n) is 9.13. The van der Waals surface area contributed by atoms with Crippen LogP contribution in [0.25, 0.3) is 0 Å². The summed E-state index contributed by atoms with van der Waals surface area (Å²) >= 11 is 1.85. The summed E-state index contributed by atoms with van der Waals surface area (Å²) in [6, 6.07) is 0.484. The van der Waals surface area contributed by atoms with Crippen LogP contribution in [0.5, 0.6) is 0 Å². The number of nitrogens with zero attached hydrogens (tertiary/aromatic N) is 1. The highest BCUT2D eigenvalue weighted by atomic mass is 32.1. The molecule has 14 heavy (non-hydrogen) atoms. The lowest BCUT2D eigenvalue weighted by atomic mass is 9.93. The molecule has 1 aliphatic carbocycles. The second kappa shape index (κ2) is 3.89. The van der Waals surface area contributed by atoms with Gasteiger partial charge in [0, 0.05) is 10.9 Å². The Kier molecular flexibility index (Phi) is 2.77. The van der Waals surface area contributed by atoms with Gasteiger partial charge in [0.25, 0.3) is 0 Å². The predicted octanol–water partition coefficient (Wildman–Crippen LogP) is 3.40. The summed E-state index contributed by atoms with van der Waals surface area (Å²) in [5.41, 5.74) is 1.35. The number of thiazole rings is 1. The Bertz CT molecular complexity index is 317. The van der Waals surface area contributed by atoms with Crippen molar-refractivity contribution in [2.75, 3.05) is 5.32 Å². The van der Waals surface area contributed by atoms with Gasteiger partial charge in [-0.15, -0.1) is 11.3 Å². The summed E-state index contributed by atoms with van der Waals surface area (Å²) in [6.45, 7) is 6.60. The van der Waals surface area contributed by atoms with Gasteiger partial charge in [0.15, 0.2) is 5.13 Å². The van der Waals surface area contributed by atoms with Gasteiger partial charge in [0.05, 0.1) is 5.69 Å². The van der Waals surface area contributed by atoms with E-state index < -0.39 is 0 Å². The average Bonchev–Trinajstić information content (AvgIpc) is 2.47. The van der Waals surface area contributed by atoms with Crippen molar-refractivity contribution >= 4 is 16.5 Å². The highest BCUT2D eigenvalue weighted by molar-refractivity contribution is 7.15. The first-order valence-electron chi connectivity index (χ1n) is 5.43. The maximum atomic E-state index is 4.68. The molecule has 0 aliphatic heterocycles. The maximum absolute atomic E-state index is 4.68. The highest BCUT2D eigenvalue weighted by Crippen LogP contribution is 2.36. The third-order valence-corrected chi connectivity index (χ3v) is 3.71. The van der Waals surface area contributed by atoms with Crippen LogP contribution in [0.15, 0.2) is 0 Å². The van der Waals surface area contributed by atoms with Crippen molar-refractivity contribution in [3.05, 3.63) is 10.6 Å². The lowest BCUT2D eigenvalue weighted by Gasteiger charge is -2.15. The van der Waals surface area contributed by atoms with Crippen molar-refractivity contribution in [2.45, 2.75) is 52.0 Å². The first-order chi connectivity index (χ1) is 6.66. The predicted molar refractivity (Wildman–Crippen MR) is 62.2 cm³/mol. The summed E-state index contributed by atoms with van der Waals surface area (Å²) in [6.07, 6.45) is 3.87. The minimum Gasteiger partial charge on any atom is -0.359 e. The largest absolute Gasteiger partial charge is 0.359 e. The second-order valence-electron chi connectivity index (χ2n) is 4.42. The molecule has 0 fully saturated rings. The second-order valence-corrected chi connectivity index (χ2v) is 5.50. The highest BCUT2D eigenvalue weighted by Gasteiger charge is 2.21. The van der Waals surface area contributed by atoms with Gasteiger partial charge in [-0.05, 0) is 39.0 Å². The number of anilines is 1. The lowest BCUT2D eigenvalue weighted by molar-refractivity contribution is 0.584. The lowest BCUT2D eigenvalue weighted by Crippen LogP contribution is -2.09. The van der Waals surface area contributed by atoms with E-state index in [4.69, 9.17) is 0 Å². The first kappa shape index (κ1) is 9.97. The molecular formula is C11H18N2S. The third kappa shape index (κ3) is 1.92. The van der Waals surface area contributed by atoms with Gasteiger partial charge in [-0.25, -0.2) is 4.98 Å². The van der Waals surface area contributed by atoms with Crippen LogP contribution >= 0.6 is 11.3 Å². The van der Waals surface area contributed by atoms with Crippen molar-refractivity contribution in [2.24, 2.45) is 0 Å². The van der Waals surface area contributed by atoms with E-state index in [0.29, 0.717) is 12.0 Å². The number of fused-ring (bicyclic) bond motifs is 1. The van der Waals surface area contributed by atoms with Crippen LogP contribution in [0.4, 0.5) is 5.13 Å². The monoisotopic (exact) mass is 210 g/mol. The van der Waals surface area contributed by atoms with Crippen LogP contribution in [-0.4, -0.2) is 11.0 Å². The average molecular weight is 210 g/mol. The van der Waals surface area contributed by atoms with E-state index in [2.05, 4.69) is 31.1 Å². The molecule has 1 unspecified atom stereocenters. The van der Waals surface area contributed by atoms with Gasteiger partial charge in [-0.2, -0.15) is 0 Å². The van der Waals surface area contributed by atoms with E-state index in [0.717, 1.165) is 5.13 Å². The molecule has 78 valence electrons. The van der Waals surface area contributed by atoms with Crippen molar-refractivity contribution in [1.82, 2.24) is 4.98 Å². The smallest absolute Gasteiger partial charge is 0.183 e. The minimum atomic E-state index is 0.484. The van der Waals surface area contributed by atoms with E-state index >= 15 is 0 Å². The summed E-state index contributed by atoms with van der Waals surface area (Å²) < 4.78 is 0. The fourth-order valence-electron chi connectivity index (χ4n) is 1.94. The van der Waals surface area contributed by atoms with E-state index in [-0.39, 0.29) is 0 Å². The van der Waals surface area contributed by atoms with Crippen LogP contribution < -0.4 is 5.32 Å². The Morgan fingerprint density at radius 1 is 1.50 bits per heavy atom. The van der Waals surface area contributed by atoms with E-state index in [1.807, 2.05) is 11.3 Å². The maximum Gasteiger partial charge on any atom is 0.183 e. The van der Waals surface area contributed by atoms with Crippen LogP contribution in [0.3, 0.4) is 0 Å². The van der Waals surface area contributed by atoms with Gasteiger partial charge in [-0.1, -0.05) is 6.92 Å². The summed E-state index contributed by atoms with van der Waals surface area (Å²) in [4.78, 5) is 6.19. The first-order valence-corrected chi connectivity index (χ1v) is 6.24. The number of hydrogen-bond acceptors (Lipinski definition) is 3. The van der Waals surface area contributed by atoms with E-state index in [1.165, 1.54) is 29.8 Å². The molecule has 0 spiro atoms. The van der Waals surface area contributed by atoms with Gasteiger partial charge >= 0.3 is 0 Å². The Hall–Kier alpha value is -0.570. The quantitative estimate of drug-likeness (QED) is 0.809. The standard InChI is InChI=1S/C11H18N2S/c1-7(2)12-11-13-10-8(3)5-4-6-9(10)14-11/h7-8H,4-6H2,1-3H3,(H,12,13). The number of hydrogen-bond donors (Lipinski definition) is 1. The van der Waals surface area contributed by atoms with Crippen molar-refractivity contribution in [1.29, 1.82) is 0 Å². The fraction of sp³-hybridized carbons (Fsp3) is 0.727. The van der Waals surface area contributed by atoms with Crippen LogP contribution in [0.2, 0.25) is 0 Å². The molecule has 1 N–H and O–H groups in total. The number of aromatic nitrogens is 1. The number of aryl methyl sites for hydroxylation is 1. The SMILES string of the molecule is CC(C)Nc1nc2c(s1)CCCC2C. The molecule has 2 nitrogen and oxygen atoms in total. The molecule has 1 atom stereocenters. The molecule has 1 heterocycles. The van der Waals surface area contributed by atoms with Crippen molar-refractivity contribution < 1.29 is 0 Å². The summed E-state index contributed by atoms with van der Waals surface area (Å²) in [7, 11) is 0. The Morgan fingerprint density at radius 2 is 2.29 bits per heavy atom. The topological polar surface area (TPSA) is 24.9 Å². The molecule has 0 bridgehead atoms. The fourth-order valence-corrected chi connectivity index (χ4v) is 3.21. The number of nitrogens with one attached hydrogen (secondary N) is 1. The zero-order valence-corrected chi connectivity index (χ0v) is 9.95. The molecular weight excluding hydrogens is 192 g/mol. The van der Waals surface area contributed by atoms with Gasteiger partial charge in [-0.3, -0.25) is 0 Å². The molecule has 0 saturated carbocycles. The zero-order chi connectivity index (χ0) is 10.1. The Labute approximate surface area is 89.8 Å². The van der Waals surface area contributed by atoms with Gasteiger partial charge in [0.1, 0.15) is 0 Å². The van der Waals surface area contributed by atoms with E-state index in [1.54, 1.807) is 0 Å². The molecule has 0 radical (unpaired) electrons. The molecule has 2 rings (SSSR count). The summed E-state index contributed by atoms with van der Waals surface area (Å²) in [5, 5.41) is 4.50. The van der Waals surface area contributed by atoms with Crippen molar-refractivity contribution in [3.8, 4) is 0 Å². The minimum absolute atomic E-state index is 0.484. The molecule has 3 heteroatoms.